The second kappa shape index (κ2) is 7.38. The Morgan fingerprint density at radius 1 is 0.941 bits per heavy atom. The summed E-state index contributed by atoms with van der Waals surface area (Å²) in [4.78, 5) is 0. The summed E-state index contributed by atoms with van der Waals surface area (Å²) in [7, 11) is 0. The van der Waals surface area contributed by atoms with Gasteiger partial charge in [-0.2, -0.15) is 0 Å². The molecule has 2 fully saturated rings. The third-order valence-electron chi connectivity index (χ3n) is 4.28. The van der Waals surface area contributed by atoms with E-state index in [0.717, 1.165) is 6.54 Å². The Morgan fingerprint density at radius 2 is 1.65 bits per heavy atom. The van der Waals surface area contributed by atoms with E-state index >= 15 is 0 Å². The number of nitrogens with one attached hydrogen (secondary N) is 1. The first-order chi connectivity index (χ1) is 8.40. The quantitative estimate of drug-likeness (QED) is 0.739. The van der Waals surface area contributed by atoms with Crippen molar-refractivity contribution in [2.75, 3.05) is 6.54 Å². The maximum atomic E-state index is 6.38. The molecule has 17 heavy (non-hydrogen) atoms. The highest BCUT2D eigenvalue weighted by Crippen LogP contribution is 2.27. The van der Waals surface area contributed by atoms with Gasteiger partial charge in [-0.15, -0.1) is 0 Å². The van der Waals surface area contributed by atoms with Crippen molar-refractivity contribution in [2.45, 2.75) is 89.4 Å². The highest BCUT2D eigenvalue weighted by molar-refractivity contribution is 4.82. The first-order valence-electron chi connectivity index (χ1n) is 7.79. The lowest BCUT2D eigenvalue weighted by atomic mass is 10.1. The molecule has 0 bridgehead atoms. The van der Waals surface area contributed by atoms with E-state index in [4.69, 9.17) is 4.74 Å². The van der Waals surface area contributed by atoms with E-state index < -0.39 is 0 Å². The van der Waals surface area contributed by atoms with E-state index in [1.165, 1.54) is 64.2 Å². The molecule has 2 aliphatic rings. The molecule has 2 nitrogen and oxygen atoms in total. The smallest absolute Gasteiger partial charge is 0.0731 e. The first-order valence-corrected chi connectivity index (χ1v) is 7.79. The van der Waals surface area contributed by atoms with Crippen LogP contribution in [-0.4, -0.2) is 24.8 Å². The fraction of sp³-hybridized carbons (Fsp3) is 1.00. The van der Waals surface area contributed by atoms with Gasteiger partial charge in [0, 0.05) is 6.04 Å². The van der Waals surface area contributed by atoms with Gasteiger partial charge in [-0.1, -0.05) is 39.0 Å². The first kappa shape index (κ1) is 13.4. The van der Waals surface area contributed by atoms with Crippen LogP contribution in [0.2, 0.25) is 0 Å². The predicted molar refractivity (Wildman–Crippen MR) is 72.3 cm³/mol. The number of ether oxygens (including phenoxy) is 1. The number of rotatable bonds is 5. The third-order valence-corrected chi connectivity index (χ3v) is 4.28. The van der Waals surface area contributed by atoms with Crippen LogP contribution < -0.4 is 5.32 Å². The van der Waals surface area contributed by atoms with Crippen molar-refractivity contribution in [1.29, 1.82) is 0 Å². The summed E-state index contributed by atoms with van der Waals surface area (Å²) in [6.07, 6.45) is 14.4. The second-order valence-electron chi connectivity index (χ2n) is 5.78. The van der Waals surface area contributed by atoms with Crippen LogP contribution in [0.15, 0.2) is 0 Å². The molecular weight excluding hydrogens is 210 g/mol. The maximum Gasteiger partial charge on any atom is 0.0731 e. The Bertz CT molecular complexity index is 201. The lowest BCUT2D eigenvalue weighted by molar-refractivity contribution is -0.0307. The molecule has 0 radical (unpaired) electrons. The minimum Gasteiger partial charge on any atom is -0.373 e. The molecule has 2 saturated carbocycles. The van der Waals surface area contributed by atoms with Gasteiger partial charge in [0.25, 0.3) is 0 Å². The van der Waals surface area contributed by atoms with Crippen LogP contribution in [0.3, 0.4) is 0 Å². The lowest BCUT2D eigenvalue weighted by Crippen LogP contribution is -2.42. The minimum atomic E-state index is 0.493. The van der Waals surface area contributed by atoms with Gasteiger partial charge in [0.15, 0.2) is 0 Å². The zero-order chi connectivity index (χ0) is 11.9. The van der Waals surface area contributed by atoms with Gasteiger partial charge in [0.2, 0.25) is 0 Å². The van der Waals surface area contributed by atoms with E-state index in [2.05, 4.69) is 12.2 Å². The average molecular weight is 239 g/mol. The molecule has 0 heterocycles. The number of hydrogen-bond acceptors (Lipinski definition) is 2. The van der Waals surface area contributed by atoms with Crippen LogP contribution in [0.1, 0.15) is 71.1 Å². The van der Waals surface area contributed by atoms with E-state index in [9.17, 15) is 0 Å². The molecule has 0 amide bonds. The highest BCUT2D eigenvalue weighted by Gasteiger charge is 2.27. The molecule has 0 aliphatic heterocycles. The molecule has 0 aromatic carbocycles. The van der Waals surface area contributed by atoms with Gasteiger partial charge in [-0.05, 0) is 38.6 Å². The van der Waals surface area contributed by atoms with Crippen LogP contribution in [-0.2, 0) is 4.74 Å². The molecule has 2 rings (SSSR count). The summed E-state index contributed by atoms with van der Waals surface area (Å²) in [5.41, 5.74) is 0. The molecule has 2 unspecified atom stereocenters. The SMILES string of the molecule is CCCNC1CCCCCC1OC1CCCC1. The fourth-order valence-corrected chi connectivity index (χ4v) is 3.27. The largest absolute Gasteiger partial charge is 0.373 e. The van der Waals surface area contributed by atoms with Crippen molar-refractivity contribution in [3.05, 3.63) is 0 Å². The summed E-state index contributed by atoms with van der Waals surface area (Å²) in [5.74, 6) is 0. The van der Waals surface area contributed by atoms with Crippen LogP contribution in [0, 0.1) is 0 Å². The predicted octanol–water partition coefficient (Wildman–Crippen LogP) is 3.65. The zero-order valence-electron chi connectivity index (χ0n) is 11.4. The van der Waals surface area contributed by atoms with Crippen LogP contribution in [0.25, 0.3) is 0 Å². The normalized spacial score (nSPS) is 31.6. The summed E-state index contributed by atoms with van der Waals surface area (Å²) in [6.45, 7) is 3.39. The average Bonchev–Trinajstić information content (AvgIpc) is 2.74. The van der Waals surface area contributed by atoms with Crippen LogP contribution in [0.5, 0.6) is 0 Å². The molecule has 2 heteroatoms. The molecule has 0 aromatic heterocycles. The van der Waals surface area contributed by atoms with Crippen molar-refractivity contribution in [3.8, 4) is 0 Å². The monoisotopic (exact) mass is 239 g/mol. The molecule has 0 saturated heterocycles. The molecule has 2 atom stereocenters. The van der Waals surface area contributed by atoms with Gasteiger partial charge >= 0.3 is 0 Å². The van der Waals surface area contributed by atoms with Gasteiger partial charge < -0.3 is 10.1 Å². The summed E-state index contributed by atoms with van der Waals surface area (Å²) in [6, 6.07) is 0.623. The molecule has 0 spiro atoms. The molecule has 1 N–H and O–H groups in total. The van der Waals surface area contributed by atoms with Gasteiger partial charge in [-0.25, -0.2) is 0 Å². The summed E-state index contributed by atoms with van der Waals surface area (Å²) in [5, 5.41) is 3.71. The van der Waals surface area contributed by atoms with E-state index in [0.29, 0.717) is 18.2 Å². The Morgan fingerprint density at radius 3 is 2.41 bits per heavy atom. The second-order valence-corrected chi connectivity index (χ2v) is 5.78. The van der Waals surface area contributed by atoms with Crippen molar-refractivity contribution in [2.24, 2.45) is 0 Å². The van der Waals surface area contributed by atoms with Gasteiger partial charge in [-0.3, -0.25) is 0 Å². The Hall–Kier alpha value is -0.0800. The number of hydrogen-bond donors (Lipinski definition) is 1. The lowest BCUT2D eigenvalue weighted by Gasteiger charge is -2.29. The van der Waals surface area contributed by atoms with Crippen LogP contribution >= 0.6 is 0 Å². The fourth-order valence-electron chi connectivity index (χ4n) is 3.27. The van der Waals surface area contributed by atoms with Crippen molar-refractivity contribution in [3.63, 3.8) is 0 Å². The molecular formula is C15H29NO. The van der Waals surface area contributed by atoms with Crippen LogP contribution in [0.4, 0.5) is 0 Å². The minimum absolute atomic E-state index is 0.493. The van der Waals surface area contributed by atoms with Crippen molar-refractivity contribution >= 4 is 0 Å². The topological polar surface area (TPSA) is 21.3 Å². The Kier molecular flexibility index (Phi) is 5.79. The maximum absolute atomic E-state index is 6.38. The van der Waals surface area contributed by atoms with Crippen molar-refractivity contribution < 1.29 is 4.74 Å². The third kappa shape index (κ3) is 4.26. The summed E-state index contributed by atoms with van der Waals surface area (Å²) < 4.78 is 6.38. The van der Waals surface area contributed by atoms with E-state index in [-0.39, 0.29) is 0 Å². The van der Waals surface area contributed by atoms with E-state index in [1.54, 1.807) is 0 Å². The zero-order valence-corrected chi connectivity index (χ0v) is 11.4. The summed E-state index contributed by atoms with van der Waals surface area (Å²) >= 11 is 0. The standard InChI is InChI=1S/C15H29NO/c1-2-12-16-14-10-4-3-5-11-15(14)17-13-8-6-7-9-13/h13-16H,2-12H2,1H3. The van der Waals surface area contributed by atoms with Crippen molar-refractivity contribution in [1.82, 2.24) is 5.32 Å². The molecule has 2 aliphatic carbocycles. The Balaban J connectivity index is 1.83. The van der Waals surface area contributed by atoms with E-state index in [1.807, 2.05) is 0 Å². The molecule has 100 valence electrons. The Labute approximate surface area is 107 Å². The molecule has 0 aromatic rings. The highest BCUT2D eigenvalue weighted by atomic mass is 16.5. The van der Waals surface area contributed by atoms with Gasteiger partial charge in [0.1, 0.15) is 0 Å². The van der Waals surface area contributed by atoms with Gasteiger partial charge in [0.05, 0.1) is 12.2 Å².